The number of nitrogens with zero attached hydrogens (tertiary/aromatic N) is 4. The number of carboxylic acids is 1. The van der Waals surface area contributed by atoms with E-state index in [4.69, 9.17) is 4.98 Å². The average Bonchev–Trinajstić information content (AvgIpc) is 2.91. The van der Waals surface area contributed by atoms with Gasteiger partial charge in [0.2, 0.25) is 0 Å². The van der Waals surface area contributed by atoms with E-state index >= 15 is 0 Å². The maximum absolute atomic E-state index is 13.6. The van der Waals surface area contributed by atoms with E-state index in [-0.39, 0.29) is 17.2 Å². The molecule has 39 heavy (non-hydrogen) atoms. The van der Waals surface area contributed by atoms with Gasteiger partial charge in [0.1, 0.15) is 11.5 Å². The predicted octanol–water partition coefficient (Wildman–Crippen LogP) is 5.13. The van der Waals surface area contributed by atoms with Gasteiger partial charge >= 0.3 is 5.97 Å². The summed E-state index contributed by atoms with van der Waals surface area (Å²) in [6.07, 6.45) is 1.82. The average molecular weight is 526 g/mol. The Labute approximate surface area is 228 Å². The molecule has 1 saturated heterocycles. The molecule has 0 saturated carbocycles. The van der Waals surface area contributed by atoms with Crippen LogP contribution in [-0.4, -0.2) is 46.6 Å². The Morgan fingerprint density at radius 3 is 2.26 bits per heavy atom. The van der Waals surface area contributed by atoms with Crippen molar-refractivity contribution >= 4 is 28.8 Å². The number of carboxylic acid groups (broad SMARTS) is 1. The molecule has 2 N–H and O–H groups in total. The fourth-order valence-corrected chi connectivity index (χ4v) is 5.66. The number of benzene rings is 2. The van der Waals surface area contributed by atoms with Crippen molar-refractivity contribution in [2.24, 2.45) is 0 Å². The molecule has 0 aliphatic carbocycles. The van der Waals surface area contributed by atoms with E-state index in [9.17, 15) is 14.7 Å². The number of aryl methyl sites for hydroxylation is 3. The molecule has 0 unspecified atom stereocenters. The number of hydrogen-bond donors (Lipinski definition) is 2. The Bertz CT molecular complexity index is 1600. The summed E-state index contributed by atoms with van der Waals surface area (Å²) in [5.41, 5.74) is 7.44. The summed E-state index contributed by atoms with van der Waals surface area (Å²) in [6, 6.07) is 15.0. The minimum Gasteiger partial charge on any atom is -0.478 e. The molecule has 2 aromatic carbocycles. The molecular formula is C31H35N5O3. The zero-order valence-corrected chi connectivity index (χ0v) is 23.2. The Kier molecular flexibility index (Phi) is 7.04. The fraction of sp³-hybridized carbons (Fsp3) is 0.323. The van der Waals surface area contributed by atoms with Gasteiger partial charge in [-0.15, -0.1) is 0 Å². The number of para-hydroxylation sites is 2. The van der Waals surface area contributed by atoms with Crippen molar-refractivity contribution in [2.75, 3.05) is 41.3 Å². The van der Waals surface area contributed by atoms with Gasteiger partial charge in [-0.3, -0.25) is 9.20 Å². The molecule has 3 heterocycles. The van der Waals surface area contributed by atoms with E-state index < -0.39 is 5.97 Å². The van der Waals surface area contributed by atoms with Gasteiger partial charge < -0.3 is 20.2 Å². The van der Waals surface area contributed by atoms with Gasteiger partial charge in [0.25, 0.3) is 5.56 Å². The summed E-state index contributed by atoms with van der Waals surface area (Å²) >= 11 is 0. The third kappa shape index (κ3) is 4.94. The molecule has 1 aliphatic heterocycles. The number of aromatic nitrogens is 2. The number of piperazine rings is 1. The molecule has 4 aromatic rings. The fourth-order valence-electron chi connectivity index (χ4n) is 5.66. The van der Waals surface area contributed by atoms with E-state index in [1.54, 1.807) is 28.7 Å². The molecule has 1 fully saturated rings. The lowest BCUT2D eigenvalue weighted by Gasteiger charge is -2.38. The zero-order valence-electron chi connectivity index (χ0n) is 23.2. The molecule has 8 nitrogen and oxygen atoms in total. The van der Waals surface area contributed by atoms with E-state index in [0.717, 1.165) is 37.3 Å². The van der Waals surface area contributed by atoms with Crippen LogP contribution in [0, 0.1) is 27.7 Å². The summed E-state index contributed by atoms with van der Waals surface area (Å²) < 4.78 is 1.62. The Morgan fingerprint density at radius 2 is 1.59 bits per heavy atom. The number of hydrogen-bond acceptors (Lipinski definition) is 6. The van der Waals surface area contributed by atoms with Crippen LogP contribution >= 0.6 is 0 Å². The zero-order chi connectivity index (χ0) is 27.8. The van der Waals surface area contributed by atoms with Crippen LogP contribution in [-0.2, 0) is 0 Å². The largest absolute Gasteiger partial charge is 0.478 e. The van der Waals surface area contributed by atoms with Crippen molar-refractivity contribution in [1.82, 2.24) is 9.38 Å². The van der Waals surface area contributed by atoms with Crippen LogP contribution in [0.25, 0.3) is 5.65 Å². The maximum atomic E-state index is 13.6. The first-order valence-electron chi connectivity index (χ1n) is 13.3. The van der Waals surface area contributed by atoms with Crippen LogP contribution < -0.4 is 20.7 Å². The van der Waals surface area contributed by atoms with Crippen molar-refractivity contribution in [1.29, 1.82) is 0 Å². The smallest absolute Gasteiger partial charge is 0.337 e. The van der Waals surface area contributed by atoms with Gasteiger partial charge in [-0.25, -0.2) is 9.78 Å². The predicted molar refractivity (Wildman–Crippen MR) is 157 cm³/mol. The van der Waals surface area contributed by atoms with Crippen LogP contribution in [0.15, 0.2) is 59.5 Å². The lowest BCUT2D eigenvalue weighted by molar-refractivity contribution is 0.0698. The van der Waals surface area contributed by atoms with Gasteiger partial charge in [-0.1, -0.05) is 30.3 Å². The van der Waals surface area contributed by atoms with E-state index in [1.165, 1.54) is 16.8 Å². The number of nitrogens with one attached hydrogen (secondary N) is 1. The van der Waals surface area contributed by atoms with Crippen LogP contribution in [0.3, 0.4) is 0 Å². The van der Waals surface area contributed by atoms with Crippen molar-refractivity contribution in [2.45, 2.75) is 40.7 Å². The summed E-state index contributed by atoms with van der Waals surface area (Å²) in [7, 11) is 0. The Balaban J connectivity index is 1.50. The lowest BCUT2D eigenvalue weighted by Crippen LogP contribution is -2.48. The second-order valence-electron chi connectivity index (χ2n) is 10.5. The molecular weight excluding hydrogens is 490 g/mol. The molecule has 202 valence electrons. The highest BCUT2D eigenvalue weighted by molar-refractivity contribution is 5.94. The second-order valence-corrected chi connectivity index (χ2v) is 10.5. The first kappa shape index (κ1) is 26.3. The number of fused-ring (bicyclic) bond motifs is 1. The van der Waals surface area contributed by atoms with Crippen LogP contribution in [0.1, 0.15) is 51.1 Å². The maximum Gasteiger partial charge on any atom is 0.337 e. The number of carbonyl (C=O) groups is 1. The molecule has 0 bridgehead atoms. The van der Waals surface area contributed by atoms with E-state index in [0.29, 0.717) is 22.7 Å². The van der Waals surface area contributed by atoms with Crippen molar-refractivity contribution in [3.63, 3.8) is 0 Å². The summed E-state index contributed by atoms with van der Waals surface area (Å²) in [5.74, 6) is -0.281. The molecule has 0 spiro atoms. The topological polar surface area (TPSA) is 90.2 Å². The number of anilines is 3. The Hall–Kier alpha value is -4.33. The molecule has 0 amide bonds. The monoisotopic (exact) mass is 525 g/mol. The third-order valence-corrected chi connectivity index (χ3v) is 7.62. The highest BCUT2D eigenvalue weighted by Gasteiger charge is 2.25. The first-order chi connectivity index (χ1) is 18.7. The highest BCUT2D eigenvalue weighted by Crippen LogP contribution is 2.29. The van der Waals surface area contributed by atoms with Crippen molar-refractivity contribution in [3.8, 4) is 0 Å². The van der Waals surface area contributed by atoms with Crippen LogP contribution in [0.5, 0.6) is 0 Å². The van der Waals surface area contributed by atoms with E-state index in [1.807, 2.05) is 33.0 Å². The van der Waals surface area contributed by atoms with Gasteiger partial charge in [0.05, 0.1) is 17.2 Å². The lowest BCUT2D eigenvalue weighted by atomic mass is 10.1. The number of aromatic carboxylic acids is 1. The summed E-state index contributed by atoms with van der Waals surface area (Å²) in [5, 5.41) is 13.0. The van der Waals surface area contributed by atoms with Gasteiger partial charge in [-0.05, 0) is 69.5 Å². The summed E-state index contributed by atoms with van der Waals surface area (Å²) in [4.78, 5) is 35.0. The quantitative estimate of drug-likeness (QED) is 0.361. The minimum atomic E-state index is -0.994. The second kappa shape index (κ2) is 10.4. The minimum absolute atomic E-state index is 0.0877. The molecule has 1 atom stereocenters. The highest BCUT2D eigenvalue weighted by atomic mass is 16.4. The number of rotatable bonds is 6. The standard InChI is InChI=1S/C31H35N5O3/c1-19-17-25(23(5)32-26-12-7-6-11-24(26)31(38)39)29-33-28(22(4)30(37)36(29)18-19)35-15-13-34(14-16-35)27-20(2)9-8-10-21(27)3/h6-12,17-18,23,32H,13-16H2,1-5H3,(H,38,39)/t23-/m1/s1. The van der Waals surface area contributed by atoms with E-state index in [2.05, 4.69) is 47.2 Å². The van der Waals surface area contributed by atoms with Crippen molar-refractivity contribution in [3.05, 3.63) is 98.5 Å². The van der Waals surface area contributed by atoms with Gasteiger partial charge in [-0.2, -0.15) is 0 Å². The van der Waals surface area contributed by atoms with Gasteiger partial charge in [0, 0.05) is 49.3 Å². The molecule has 0 radical (unpaired) electrons. The molecule has 2 aromatic heterocycles. The third-order valence-electron chi connectivity index (χ3n) is 7.62. The number of pyridine rings is 1. The summed E-state index contributed by atoms with van der Waals surface area (Å²) in [6.45, 7) is 13.3. The molecule has 8 heteroatoms. The van der Waals surface area contributed by atoms with Crippen molar-refractivity contribution < 1.29 is 9.90 Å². The Morgan fingerprint density at radius 1 is 0.949 bits per heavy atom. The normalized spacial score (nSPS) is 14.5. The van der Waals surface area contributed by atoms with Crippen LogP contribution in [0.4, 0.5) is 17.2 Å². The van der Waals surface area contributed by atoms with Gasteiger partial charge in [0.15, 0.2) is 0 Å². The SMILES string of the molecule is Cc1cc([C@@H](C)Nc2ccccc2C(=O)O)c2nc(N3CCN(c4c(C)cccc4C)CC3)c(C)c(=O)n2c1. The first-order valence-corrected chi connectivity index (χ1v) is 13.3. The molecule has 5 rings (SSSR count). The van der Waals surface area contributed by atoms with Crippen LogP contribution in [0.2, 0.25) is 0 Å². The molecule has 1 aliphatic rings.